The number of carboxylic acid groups (broad SMARTS) is 1. The zero-order chi connectivity index (χ0) is 14.6. The van der Waals surface area contributed by atoms with E-state index >= 15 is 0 Å². The Morgan fingerprint density at radius 2 is 1.95 bits per heavy atom. The molecule has 5 heteroatoms. The van der Waals surface area contributed by atoms with Crippen LogP contribution in [-0.4, -0.2) is 24.0 Å². The van der Waals surface area contributed by atoms with Gasteiger partial charge in [-0.3, -0.25) is 9.59 Å². The topological polar surface area (TPSA) is 63.6 Å². The van der Waals surface area contributed by atoms with Gasteiger partial charge in [0.05, 0.1) is 19.1 Å². The van der Waals surface area contributed by atoms with Crippen molar-refractivity contribution in [3.63, 3.8) is 0 Å². The molecule has 0 aliphatic rings. The minimum atomic E-state index is -1.00. The number of ketones is 1. The Morgan fingerprint density at radius 3 is 2.42 bits per heavy atom. The number of benzene rings is 1. The van der Waals surface area contributed by atoms with Crippen molar-refractivity contribution in [1.29, 1.82) is 0 Å². The van der Waals surface area contributed by atoms with Crippen LogP contribution in [0.25, 0.3) is 0 Å². The molecule has 0 spiro atoms. The van der Waals surface area contributed by atoms with Crippen molar-refractivity contribution in [2.24, 2.45) is 0 Å². The smallest absolute Gasteiger partial charge is 0.303 e. The van der Waals surface area contributed by atoms with Gasteiger partial charge in [-0.05, 0) is 23.6 Å². The van der Waals surface area contributed by atoms with Crippen LogP contribution >= 0.6 is 11.6 Å². The molecule has 4 nitrogen and oxygen atoms in total. The first-order valence-corrected chi connectivity index (χ1v) is 6.37. The minimum Gasteiger partial charge on any atom is -0.496 e. The molecule has 0 atom stereocenters. The molecule has 0 aromatic heterocycles. The Bertz CT molecular complexity index is 494. The van der Waals surface area contributed by atoms with Gasteiger partial charge in [0, 0.05) is 11.4 Å². The number of carbonyl (C=O) groups is 2. The van der Waals surface area contributed by atoms with E-state index in [-0.39, 0.29) is 24.5 Å². The third-order valence-corrected chi connectivity index (χ3v) is 2.99. The van der Waals surface area contributed by atoms with E-state index in [1.165, 1.54) is 13.2 Å². The molecule has 0 fully saturated rings. The quantitative estimate of drug-likeness (QED) is 0.812. The van der Waals surface area contributed by atoms with Gasteiger partial charge in [0.1, 0.15) is 5.75 Å². The van der Waals surface area contributed by atoms with Gasteiger partial charge in [0.2, 0.25) is 0 Å². The highest BCUT2D eigenvalue weighted by Crippen LogP contribution is 2.34. The number of methoxy groups -OCH3 is 1. The van der Waals surface area contributed by atoms with Crippen LogP contribution in [0.5, 0.6) is 5.75 Å². The predicted molar refractivity (Wildman–Crippen MR) is 73.3 cm³/mol. The summed E-state index contributed by atoms with van der Waals surface area (Å²) in [6.07, 6.45) is -0.269. The van der Waals surface area contributed by atoms with Gasteiger partial charge in [-0.15, -0.1) is 0 Å². The fourth-order valence-corrected chi connectivity index (χ4v) is 2.06. The first-order valence-electron chi connectivity index (χ1n) is 5.99. The number of hydrogen-bond donors (Lipinski definition) is 1. The fourth-order valence-electron chi connectivity index (χ4n) is 1.83. The summed E-state index contributed by atoms with van der Waals surface area (Å²) in [5.41, 5.74) is 1.19. The zero-order valence-electron chi connectivity index (χ0n) is 11.2. The van der Waals surface area contributed by atoms with Crippen LogP contribution in [0.15, 0.2) is 12.1 Å². The monoisotopic (exact) mass is 284 g/mol. The second-order valence-corrected chi connectivity index (χ2v) is 4.98. The predicted octanol–water partition coefficient (Wildman–Crippen LogP) is 3.52. The van der Waals surface area contributed by atoms with E-state index < -0.39 is 5.97 Å². The molecular formula is C14H17ClO4. The maximum Gasteiger partial charge on any atom is 0.303 e. The molecule has 1 aromatic carbocycles. The standard InChI is InChI=1S/C14H17ClO4/c1-8(2)10-6-9(15)7-11(14(10)19-3)12(16)4-5-13(17)18/h6-8H,4-5H2,1-3H3,(H,17,18). The minimum absolute atomic E-state index is 0.0659. The SMILES string of the molecule is COc1c(C(=O)CCC(=O)O)cc(Cl)cc1C(C)C. The molecule has 1 aromatic rings. The Hall–Kier alpha value is -1.55. The van der Waals surface area contributed by atoms with Crippen molar-refractivity contribution in [2.75, 3.05) is 7.11 Å². The van der Waals surface area contributed by atoms with E-state index in [0.717, 1.165) is 5.56 Å². The Morgan fingerprint density at radius 1 is 1.32 bits per heavy atom. The fraction of sp³-hybridized carbons (Fsp3) is 0.429. The molecular weight excluding hydrogens is 268 g/mol. The first-order chi connectivity index (χ1) is 8.86. The molecule has 0 saturated carbocycles. The van der Waals surface area contributed by atoms with E-state index in [9.17, 15) is 9.59 Å². The maximum atomic E-state index is 12.1. The number of halogens is 1. The number of ether oxygens (including phenoxy) is 1. The molecule has 0 heterocycles. The molecule has 0 aliphatic heterocycles. The van der Waals surface area contributed by atoms with Crippen molar-refractivity contribution < 1.29 is 19.4 Å². The Kier molecular flexibility index (Phi) is 5.36. The molecule has 1 rings (SSSR count). The van der Waals surface area contributed by atoms with Crippen LogP contribution in [0.4, 0.5) is 0 Å². The highest BCUT2D eigenvalue weighted by Gasteiger charge is 2.19. The lowest BCUT2D eigenvalue weighted by Crippen LogP contribution is -2.08. The average Bonchev–Trinajstić information content (AvgIpc) is 2.34. The van der Waals surface area contributed by atoms with Crippen molar-refractivity contribution in [3.8, 4) is 5.75 Å². The molecule has 0 unspecified atom stereocenters. The van der Waals surface area contributed by atoms with Gasteiger partial charge in [0.25, 0.3) is 0 Å². The van der Waals surface area contributed by atoms with Crippen LogP contribution < -0.4 is 4.74 Å². The van der Waals surface area contributed by atoms with Crippen molar-refractivity contribution >= 4 is 23.4 Å². The average molecular weight is 285 g/mol. The Labute approximate surface area is 117 Å². The number of Topliss-reactive ketones (excluding diaryl/α,β-unsaturated/α-hetero) is 1. The third-order valence-electron chi connectivity index (χ3n) is 2.77. The van der Waals surface area contributed by atoms with E-state index in [1.54, 1.807) is 6.07 Å². The van der Waals surface area contributed by atoms with Crippen LogP contribution in [0, 0.1) is 0 Å². The molecule has 19 heavy (non-hydrogen) atoms. The summed E-state index contributed by atoms with van der Waals surface area (Å²) >= 11 is 6.01. The van der Waals surface area contributed by atoms with Gasteiger partial charge in [-0.2, -0.15) is 0 Å². The van der Waals surface area contributed by atoms with Gasteiger partial charge in [-0.25, -0.2) is 0 Å². The van der Waals surface area contributed by atoms with E-state index in [1.807, 2.05) is 13.8 Å². The number of carbonyl (C=O) groups excluding carboxylic acids is 1. The molecule has 0 aliphatic carbocycles. The molecule has 104 valence electrons. The van der Waals surface area contributed by atoms with Gasteiger partial charge in [0.15, 0.2) is 5.78 Å². The van der Waals surface area contributed by atoms with Crippen molar-refractivity contribution in [3.05, 3.63) is 28.3 Å². The van der Waals surface area contributed by atoms with Gasteiger partial charge >= 0.3 is 5.97 Å². The summed E-state index contributed by atoms with van der Waals surface area (Å²) in [4.78, 5) is 22.6. The summed E-state index contributed by atoms with van der Waals surface area (Å²) in [6, 6.07) is 3.29. The lowest BCUT2D eigenvalue weighted by atomic mass is 9.96. The highest BCUT2D eigenvalue weighted by atomic mass is 35.5. The van der Waals surface area contributed by atoms with Crippen LogP contribution in [0.1, 0.15) is 48.5 Å². The zero-order valence-corrected chi connectivity index (χ0v) is 12.0. The van der Waals surface area contributed by atoms with Crippen LogP contribution in [-0.2, 0) is 4.79 Å². The van der Waals surface area contributed by atoms with Gasteiger partial charge < -0.3 is 9.84 Å². The lowest BCUT2D eigenvalue weighted by Gasteiger charge is -2.16. The molecule has 0 bridgehead atoms. The van der Waals surface area contributed by atoms with Crippen LogP contribution in [0.3, 0.4) is 0 Å². The summed E-state index contributed by atoms with van der Waals surface area (Å²) < 4.78 is 5.29. The van der Waals surface area contributed by atoms with Gasteiger partial charge in [-0.1, -0.05) is 25.4 Å². The number of rotatable bonds is 6. The first kappa shape index (κ1) is 15.5. The summed E-state index contributed by atoms with van der Waals surface area (Å²) in [6.45, 7) is 3.94. The molecule has 0 saturated heterocycles. The van der Waals surface area contributed by atoms with Crippen molar-refractivity contribution in [1.82, 2.24) is 0 Å². The summed E-state index contributed by atoms with van der Waals surface area (Å²) in [5.74, 6) is -0.642. The number of carboxylic acids is 1. The second kappa shape index (κ2) is 6.57. The highest BCUT2D eigenvalue weighted by molar-refractivity contribution is 6.31. The lowest BCUT2D eigenvalue weighted by molar-refractivity contribution is -0.136. The number of aliphatic carboxylic acids is 1. The maximum absolute atomic E-state index is 12.1. The third kappa shape index (κ3) is 3.96. The summed E-state index contributed by atoms with van der Waals surface area (Å²) in [7, 11) is 1.49. The normalized spacial score (nSPS) is 10.6. The Balaban J connectivity index is 3.18. The van der Waals surface area contributed by atoms with E-state index in [2.05, 4.69) is 0 Å². The number of hydrogen-bond acceptors (Lipinski definition) is 3. The van der Waals surface area contributed by atoms with E-state index in [0.29, 0.717) is 16.3 Å². The second-order valence-electron chi connectivity index (χ2n) is 4.55. The largest absolute Gasteiger partial charge is 0.496 e. The van der Waals surface area contributed by atoms with E-state index in [4.69, 9.17) is 21.4 Å². The van der Waals surface area contributed by atoms with Crippen molar-refractivity contribution in [2.45, 2.75) is 32.6 Å². The van der Waals surface area contributed by atoms with Crippen LogP contribution in [0.2, 0.25) is 5.02 Å². The summed E-state index contributed by atoms with van der Waals surface area (Å²) in [5, 5.41) is 9.07. The molecule has 0 amide bonds. The molecule has 0 radical (unpaired) electrons. The molecule has 1 N–H and O–H groups in total.